The minimum absolute atomic E-state index is 0.868. The lowest BCUT2D eigenvalue weighted by Gasteiger charge is -2.27. The van der Waals surface area contributed by atoms with Crippen LogP contribution in [0.4, 0.5) is 17.1 Å². The first-order valence-electron chi connectivity index (χ1n) is 20.7. The Morgan fingerprint density at radius 1 is 0.250 bits per heavy atom. The molecule has 1 heterocycles. The van der Waals surface area contributed by atoms with Crippen molar-refractivity contribution < 1.29 is 4.42 Å². The first kappa shape index (κ1) is 33.1. The number of nitrogens with zero attached hydrogens (tertiary/aromatic N) is 1. The summed E-state index contributed by atoms with van der Waals surface area (Å²) in [6.45, 7) is 0. The second-order valence-corrected chi connectivity index (χ2v) is 16.0. The molecule has 0 bridgehead atoms. The zero-order valence-corrected chi connectivity index (χ0v) is 32.6. The first-order valence-corrected chi connectivity index (χ1v) is 20.7. The summed E-state index contributed by atoms with van der Waals surface area (Å²) in [5.41, 5.74) is 9.74. The van der Waals surface area contributed by atoms with Crippen molar-refractivity contribution in [3.63, 3.8) is 0 Å². The number of rotatable bonds is 5. The minimum atomic E-state index is 0.868. The number of hydrogen-bond acceptors (Lipinski definition) is 2. The SMILES string of the molecule is c1ccc(-c2ccc(-c3ccc(N(c4ccc5c(c4)oc4ccccc45)c4cc5ccc6cccc7c8cccc9ccc%10cccc(c(c4)c5c67)c%10c98)cc3)cc2)cc1. The van der Waals surface area contributed by atoms with Crippen molar-refractivity contribution in [1.82, 2.24) is 0 Å². The molecule has 278 valence electrons. The molecule has 0 spiro atoms. The number of hydrogen-bond donors (Lipinski definition) is 0. The van der Waals surface area contributed by atoms with E-state index in [0.29, 0.717) is 0 Å². The number of para-hydroxylation sites is 1. The second-order valence-electron chi connectivity index (χ2n) is 16.0. The lowest BCUT2D eigenvalue weighted by Crippen LogP contribution is -2.10. The second kappa shape index (κ2) is 12.8. The Bertz CT molecular complexity index is 3800. The van der Waals surface area contributed by atoms with Gasteiger partial charge in [0.25, 0.3) is 0 Å². The molecule has 0 fully saturated rings. The molecule has 0 amide bonds. The Kier molecular flexibility index (Phi) is 7.05. The van der Waals surface area contributed by atoms with Crippen LogP contribution in [0.25, 0.3) is 109 Å². The van der Waals surface area contributed by atoms with E-state index in [1.807, 2.05) is 6.07 Å². The largest absolute Gasteiger partial charge is 0.456 e. The van der Waals surface area contributed by atoms with Crippen LogP contribution in [0.5, 0.6) is 0 Å². The fraction of sp³-hybridized carbons (Fsp3) is 0. The predicted octanol–water partition coefficient (Wildman–Crippen LogP) is 16.7. The predicted molar refractivity (Wildman–Crippen MR) is 255 cm³/mol. The maximum absolute atomic E-state index is 6.51. The van der Waals surface area contributed by atoms with Crippen LogP contribution in [-0.2, 0) is 0 Å². The summed E-state index contributed by atoms with van der Waals surface area (Å²) in [6, 6.07) is 77.7. The van der Waals surface area contributed by atoms with E-state index < -0.39 is 0 Å². The van der Waals surface area contributed by atoms with Crippen molar-refractivity contribution >= 4 is 104 Å². The van der Waals surface area contributed by atoms with E-state index in [4.69, 9.17) is 4.42 Å². The Morgan fingerprint density at radius 3 is 1.35 bits per heavy atom. The van der Waals surface area contributed by atoms with Gasteiger partial charge in [-0.15, -0.1) is 0 Å². The molecule has 0 aliphatic heterocycles. The molecule has 0 atom stereocenters. The molecule has 0 saturated carbocycles. The third-order valence-corrected chi connectivity index (χ3v) is 12.7. The topological polar surface area (TPSA) is 16.4 Å². The Balaban J connectivity index is 1.07. The molecule has 0 N–H and O–H groups in total. The molecule has 1 aromatic heterocycles. The van der Waals surface area contributed by atoms with Gasteiger partial charge in [-0.05, 0) is 129 Å². The Hall–Kier alpha value is -7.94. The van der Waals surface area contributed by atoms with Crippen molar-refractivity contribution in [1.29, 1.82) is 0 Å². The molecule has 0 unspecified atom stereocenters. The third kappa shape index (κ3) is 4.95. The Labute approximate surface area is 346 Å². The monoisotopic (exact) mass is 761 g/mol. The van der Waals surface area contributed by atoms with Crippen LogP contribution < -0.4 is 4.90 Å². The summed E-state index contributed by atoms with van der Waals surface area (Å²) in [4.78, 5) is 2.40. The maximum Gasteiger partial charge on any atom is 0.137 e. The van der Waals surface area contributed by atoms with Gasteiger partial charge in [0.2, 0.25) is 0 Å². The van der Waals surface area contributed by atoms with Crippen LogP contribution >= 0.6 is 0 Å². The molecule has 0 radical (unpaired) electrons. The fourth-order valence-corrected chi connectivity index (χ4v) is 9.99. The van der Waals surface area contributed by atoms with Gasteiger partial charge in [0, 0.05) is 33.9 Å². The number of furan rings is 1. The van der Waals surface area contributed by atoms with Crippen LogP contribution in [0.1, 0.15) is 0 Å². The first-order chi connectivity index (χ1) is 29.7. The molecule has 2 nitrogen and oxygen atoms in total. The standard InChI is InChI=1S/C58H35NO/c1-2-9-36(10-3-1)37-19-21-38(22-20-37)39-27-29-44(30-28-39)59(45-31-32-48-47-14-4-5-18-53(47)60-54(48)35-45)46-33-43-26-25-42-12-7-16-50-49-15-6-11-40-23-24-41-13-8-17-51(57(41)55(40)49)52(34-46)58(43)56(42)50/h1-35H. The maximum atomic E-state index is 6.51. The lowest BCUT2D eigenvalue weighted by atomic mass is 9.87. The quantitative estimate of drug-likeness (QED) is 0.162. The average Bonchev–Trinajstić information content (AvgIpc) is 3.69. The summed E-state index contributed by atoms with van der Waals surface area (Å²) in [5, 5.41) is 17.4. The molecule has 2 heteroatoms. The van der Waals surface area contributed by atoms with Gasteiger partial charge in [0.15, 0.2) is 0 Å². The molecule has 13 aromatic rings. The average molecular weight is 762 g/mol. The van der Waals surface area contributed by atoms with Crippen LogP contribution in [0, 0.1) is 0 Å². The van der Waals surface area contributed by atoms with Gasteiger partial charge < -0.3 is 9.32 Å². The van der Waals surface area contributed by atoms with E-state index in [-0.39, 0.29) is 0 Å². The third-order valence-electron chi connectivity index (χ3n) is 12.7. The molecule has 0 aliphatic carbocycles. The number of anilines is 3. The zero-order chi connectivity index (χ0) is 39.3. The van der Waals surface area contributed by atoms with Gasteiger partial charge >= 0.3 is 0 Å². The Morgan fingerprint density at radius 2 is 0.717 bits per heavy atom. The summed E-state index contributed by atoms with van der Waals surface area (Å²) >= 11 is 0. The van der Waals surface area contributed by atoms with Gasteiger partial charge in [-0.25, -0.2) is 0 Å². The summed E-state index contributed by atoms with van der Waals surface area (Å²) < 4.78 is 6.51. The van der Waals surface area contributed by atoms with E-state index in [1.54, 1.807) is 0 Å². The van der Waals surface area contributed by atoms with Crippen LogP contribution in [-0.4, -0.2) is 0 Å². The van der Waals surface area contributed by atoms with Crippen molar-refractivity contribution in [3.8, 4) is 22.3 Å². The molecule has 12 aromatic carbocycles. The van der Waals surface area contributed by atoms with Crippen molar-refractivity contribution in [3.05, 3.63) is 212 Å². The highest BCUT2D eigenvalue weighted by atomic mass is 16.3. The summed E-state index contributed by atoms with van der Waals surface area (Å²) in [5.74, 6) is 0. The highest BCUT2D eigenvalue weighted by Gasteiger charge is 2.20. The van der Waals surface area contributed by atoms with Gasteiger partial charge in [-0.3, -0.25) is 0 Å². The van der Waals surface area contributed by atoms with E-state index in [1.165, 1.54) is 86.9 Å². The molecule has 13 rings (SSSR count). The van der Waals surface area contributed by atoms with Gasteiger partial charge in [-0.1, -0.05) is 164 Å². The molecular formula is C58H35NO. The van der Waals surface area contributed by atoms with Gasteiger partial charge in [0.1, 0.15) is 11.2 Å². The fourth-order valence-electron chi connectivity index (χ4n) is 9.99. The highest BCUT2D eigenvalue weighted by Crippen LogP contribution is 2.47. The van der Waals surface area contributed by atoms with Crippen LogP contribution in [0.3, 0.4) is 0 Å². The molecule has 0 saturated heterocycles. The molecular weight excluding hydrogens is 727 g/mol. The van der Waals surface area contributed by atoms with E-state index >= 15 is 0 Å². The van der Waals surface area contributed by atoms with Crippen molar-refractivity contribution in [2.24, 2.45) is 0 Å². The highest BCUT2D eigenvalue weighted by molar-refractivity contribution is 6.37. The van der Waals surface area contributed by atoms with Crippen LogP contribution in [0.15, 0.2) is 217 Å². The lowest BCUT2D eigenvalue weighted by molar-refractivity contribution is 0.669. The van der Waals surface area contributed by atoms with Gasteiger partial charge in [-0.2, -0.15) is 0 Å². The van der Waals surface area contributed by atoms with Crippen molar-refractivity contribution in [2.75, 3.05) is 4.90 Å². The van der Waals surface area contributed by atoms with E-state index in [9.17, 15) is 0 Å². The normalized spacial score (nSPS) is 12.0. The smallest absolute Gasteiger partial charge is 0.137 e. The van der Waals surface area contributed by atoms with E-state index in [0.717, 1.165) is 39.0 Å². The zero-order valence-electron chi connectivity index (χ0n) is 32.6. The summed E-state index contributed by atoms with van der Waals surface area (Å²) in [6.07, 6.45) is 0. The molecule has 60 heavy (non-hydrogen) atoms. The van der Waals surface area contributed by atoms with Crippen molar-refractivity contribution in [2.45, 2.75) is 0 Å². The van der Waals surface area contributed by atoms with E-state index in [2.05, 4.69) is 211 Å². The number of fused-ring (bicyclic) bond motifs is 5. The van der Waals surface area contributed by atoms with Gasteiger partial charge in [0.05, 0.1) is 0 Å². The summed E-state index contributed by atoms with van der Waals surface area (Å²) in [7, 11) is 0. The molecule has 0 aliphatic rings. The number of benzene rings is 11. The minimum Gasteiger partial charge on any atom is -0.456 e. The van der Waals surface area contributed by atoms with Crippen LogP contribution in [0.2, 0.25) is 0 Å².